The Balaban J connectivity index is 1.52. The number of ether oxygens (including phenoxy) is 1. The van der Waals surface area contributed by atoms with E-state index in [-0.39, 0.29) is 33.8 Å². The Kier molecular flexibility index (Phi) is 7.57. The first-order valence-electron chi connectivity index (χ1n) is 10.9. The second-order valence-electron chi connectivity index (χ2n) is 7.90. The smallest absolute Gasteiger partial charge is 0.269 e. The predicted molar refractivity (Wildman–Crippen MR) is 144 cm³/mol. The summed E-state index contributed by atoms with van der Waals surface area (Å²) in [7, 11) is 0. The predicted octanol–water partition coefficient (Wildman–Crippen LogP) is 5.76. The lowest BCUT2D eigenvalue weighted by atomic mass is 10.0. The summed E-state index contributed by atoms with van der Waals surface area (Å²) in [5.41, 5.74) is 2.92. The molecule has 3 heterocycles. The Morgan fingerprint density at radius 3 is 2.63 bits per heavy atom. The van der Waals surface area contributed by atoms with Gasteiger partial charge in [0.2, 0.25) is 12.0 Å². The number of para-hydroxylation sites is 1. The minimum Gasteiger partial charge on any atom is -0.471 e. The van der Waals surface area contributed by atoms with Crippen LogP contribution in [0.5, 0.6) is 5.88 Å². The molecule has 2 aromatic heterocycles. The van der Waals surface area contributed by atoms with Crippen molar-refractivity contribution in [1.29, 1.82) is 0 Å². The number of carbonyl (C=O) groups excluding carboxylic acids is 2. The normalized spacial score (nSPS) is 14.7. The van der Waals surface area contributed by atoms with E-state index in [9.17, 15) is 14.0 Å². The molecule has 2 aromatic carbocycles. The molecular formula is C25H15Cl3FN5O3S. The number of amides is 2. The Labute approximate surface area is 234 Å². The molecule has 0 aliphatic carbocycles. The van der Waals surface area contributed by atoms with E-state index >= 15 is 0 Å². The molecule has 5 rings (SSSR count). The zero-order valence-electron chi connectivity index (χ0n) is 19.0. The molecule has 13 heteroatoms. The number of fused-ring (bicyclic) bond motifs is 1. The third-order valence-electron chi connectivity index (χ3n) is 5.36. The van der Waals surface area contributed by atoms with Crippen molar-refractivity contribution in [3.05, 3.63) is 103 Å². The van der Waals surface area contributed by atoms with Crippen LogP contribution in [0.3, 0.4) is 0 Å². The second-order valence-corrected chi connectivity index (χ2v) is 10.1. The Bertz CT molecular complexity index is 1560. The first-order valence-corrected chi connectivity index (χ1v) is 12.9. The molecule has 0 bridgehead atoms. The van der Waals surface area contributed by atoms with Crippen molar-refractivity contribution in [1.82, 2.24) is 15.3 Å². The van der Waals surface area contributed by atoms with E-state index in [1.807, 2.05) is 0 Å². The van der Waals surface area contributed by atoms with Gasteiger partial charge < -0.3 is 15.4 Å². The molecule has 0 saturated heterocycles. The van der Waals surface area contributed by atoms with Crippen LogP contribution >= 0.6 is 46.1 Å². The van der Waals surface area contributed by atoms with Gasteiger partial charge in [-0.1, -0.05) is 53.0 Å². The number of aliphatic imine (C=N–C) groups is 1. The van der Waals surface area contributed by atoms with Gasteiger partial charge in [0.05, 0.1) is 38.0 Å². The fourth-order valence-corrected chi connectivity index (χ4v) is 5.18. The van der Waals surface area contributed by atoms with Crippen LogP contribution in [0.15, 0.2) is 65.4 Å². The van der Waals surface area contributed by atoms with Crippen molar-refractivity contribution in [2.75, 3.05) is 5.32 Å². The number of nitrogens with one attached hydrogen (secondary N) is 2. The molecule has 1 aliphatic heterocycles. The van der Waals surface area contributed by atoms with E-state index in [2.05, 4.69) is 25.6 Å². The molecule has 38 heavy (non-hydrogen) atoms. The zero-order chi connectivity index (χ0) is 26.8. The highest BCUT2D eigenvalue weighted by Gasteiger charge is 2.30. The van der Waals surface area contributed by atoms with Gasteiger partial charge in [0.15, 0.2) is 0 Å². The average molecular weight is 591 g/mol. The number of rotatable bonds is 6. The Morgan fingerprint density at radius 1 is 1.13 bits per heavy atom. The highest BCUT2D eigenvalue weighted by Crippen LogP contribution is 2.34. The monoisotopic (exact) mass is 589 g/mol. The van der Waals surface area contributed by atoms with Crippen LogP contribution in [0.2, 0.25) is 15.1 Å². The standard InChI is InChI=1S/C25H15Cl3FN5O3S/c26-12-5-17(27)20(18(28)6-12)21-15-3-1-2-4-19(15)32-24(36)22(33-21)34-23(35)16-7-13(29)8-31-25(16)37-10-14-9-30-11-38-14/h1-9,11,22H,10H2,(H,32,36)(H,34,35). The molecule has 4 aromatic rings. The van der Waals surface area contributed by atoms with Gasteiger partial charge in [-0.2, -0.15) is 0 Å². The van der Waals surface area contributed by atoms with Crippen LogP contribution in [-0.4, -0.2) is 33.7 Å². The minimum absolute atomic E-state index is 0.0681. The molecule has 8 nitrogen and oxygen atoms in total. The fourth-order valence-electron chi connectivity index (χ4n) is 3.68. The molecule has 1 aliphatic rings. The van der Waals surface area contributed by atoms with Gasteiger partial charge in [0.25, 0.3) is 11.8 Å². The first kappa shape index (κ1) is 26.1. The summed E-state index contributed by atoms with van der Waals surface area (Å²) in [5.74, 6) is -2.36. The molecule has 192 valence electrons. The summed E-state index contributed by atoms with van der Waals surface area (Å²) in [6, 6.07) is 10.8. The highest BCUT2D eigenvalue weighted by atomic mass is 35.5. The number of anilines is 1. The maximum Gasteiger partial charge on any atom is 0.269 e. The van der Waals surface area contributed by atoms with Crippen molar-refractivity contribution in [3.63, 3.8) is 0 Å². The highest BCUT2D eigenvalue weighted by molar-refractivity contribution is 7.09. The van der Waals surface area contributed by atoms with Crippen molar-refractivity contribution < 1.29 is 18.7 Å². The van der Waals surface area contributed by atoms with Crippen LogP contribution in [0.1, 0.15) is 26.4 Å². The van der Waals surface area contributed by atoms with E-state index in [1.54, 1.807) is 36.0 Å². The third kappa shape index (κ3) is 5.48. The molecule has 1 atom stereocenters. The number of nitrogens with zero attached hydrogens (tertiary/aromatic N) is 3. The summed E-state index contributed by atoms with van der Waals surface area (Å²) >= 11 is 20.4. The van der Waals surface area contributed by atoms with Crippen molar-refractivity contribution in [2.24, 2.45) is 4.99 Å². The number of pyridine rings is 1. The summed E-state index contributed by atoms with van der Waals surface area (Å²) in [5, 5.41) is 5.98. The van der Waals surface area contributed by atoms with Crippen molar-refractivity contribution in [3.8, 4) is 5.88 Å². The average Bonchev–Trinajstić information content (AvgIpc) is 3.36. The number of benzene rings is 2. The number of benzodiazepines with no additional fused rings is 1. The molecule has 0 spiro atoms. The van der Waals surface area contributed by atoms with Gasteiger partial charge in [-0.3, -0.25) is 14.6 Å². The molecule has 0 fully saturated rings. The zero-order valence-corrected chi connectivity index (χ0v) is 22.1. The van der Waals surface area contributed by atoms with Gasteiger partial charge in [-0.25, -0.2) is 14.4 Å². The lowest BCUT2D eigenvalue weighted by Gasteiger charge is -2.16. The minimum atomic E-state index is -1.44. The van der Waals surface area contributed by atoms with Gasteiger partial charge >= 0.3 is 0 Å². The number of hydrogen-bond acceptors (Lipinski definition) is 7. The van der Waals surface area contributed by atoms with E-state index in [0.29, 0.717) is 21.8 Å². The first-order chi connectivity index (χ1) is 18.3. The molecular weight excluding hydrogens is 576 g/mol. The molecule has 2 N–H and O–H groups in total. The van der Waals surface area contributed by atoms with Crippen molar-refractivity contribution in [2.45, 2.75) is 12.8 Å². The van der Waals surface area contributed by atoms with Crippen LogP contribution in [-0.2, 0) is 11.4 Å². The molecule has 0 saturated carbocycles. The molecule has 2 amide bonds. The lowest BCUT2D eigenvalue weighted by Crippen LogP contribution is -2.42. The van der Waals surface area contributed by atoms with Gasteiger partial charge in [-0.15, -0.1) is 11.3 Å². The van der Waals surface area contributed by atoms with E-state index in [1.165, 1.54) is 23.5 Å². The Morgan fingerprint density at radius 2 is 1.89 bits per heavy atom. The number of halogens is 4. The number of hydrogen-bond donors (Lipinski definition) is 2. The SMILES string of the molecule is O=C(NC1N=C(c2c(Cl)cc(Cl)cc2Cl)c2ccccc2NC1=O)c1cc(F)cnc1OCc1cncs1. The van der Waals surface area contributed by atoms with Gasteiger partial charge in [0.1, 0.15) is 18.0 Å². The summed E-state index contributed by atoms with van der Waals surface area (Å²) in [6.45, 7) is 0.0681. The van der Waals surface area contributed by atoms with Crippen LogP contribution < -0.4 is 15.4 Å². The fraction of sp³-hybridized carbons (Fsp3) is 0.0800. The maximum absolute atomic E-state index is 14.1. The van der Waals surface area contributed by atoms with Crippen LogP contribution in [0, 0.1) is 5.82 Å². The molecule has 1 unspecified atom stereocenters. The maximum atomic E-state index is 14.1. The van der Waals surface area contributed by atoms with Crippen molar-refractivity contribution >= 4 is 69.4 Å². The van der Waals surface area contributed by atoms with Gasteiger partial charge in [-0.05, 0) is 24.3 Å². The lowest BCUT2D eigenvalue weighted by molar-refractivity contribution is -0.117. The van der Waals surface area contributed by atoms with Gasteiger partial charge in [0, 0.05) is 22.3 Å². The summed E-state index contributed by atoms with van der Waals surface area (Å²) in [6.07, 6.45) is 1.09. The third-order valence-corrected chi connectivity index (χ3v) is 6.92. The number of thiazole rings is 1. The number of aromatic nitrogens is 2. The summed E-state index contributed by atoms with van der Waals surface area (Å²) < 4.78 is 19.7. The summed E-state index contributed by atoms with van der Waals surface area (Å²) in [4.78, 5) is 39.6. The van der Waals surface area contributed by atoms with Crippen LogP contribution in [0.25, 0.3) is 0 Å². The molecule has 0 radical (unpaired) electrons. The number of carbonyl (C=O) groups is 2. The largest absolute Gasteiger partial charge is 0.471 e. The Hall–Kier alpha value is -3.57. The topological polar surface area (TPSA) is 106 Å². The van der Waals surface area contributed by atoms with Crippen LogP contribution in [0.4, 0.5) is 10.1 Å². The van der Waals surface area contributed by atoms with E-state index in [4.69, 9.17) is 39.5 Å². The van der Waals surface area contributed by atoms with E-state index in [0.717, 1.165) is 17.1 Å². The van der Waals surface area contributed by atoms with E-state index < -0.39 is 23.8 Å². The second kappa shape index (κ2) is 11.0. The quantitative estimate of drug-likeness (QED) is 0.297.